The molecule has 1 saturated heterocycles. The van der Waals surface area contributed by atoms with Crippen LogP contribution in [-0.4, -0.2) is 55.3 Å². The van der Waals surface area contributed by atoms with Gasteiger partial charge in [-0.25, -0.2) is 4.79 Å². The zero-order chi connectivity index (χ0) is 21.7. The van der Waals surface area contributed by atoms with E-state index in [-0.39, 0.29) is 18.1 Å². The standard InChI is InChI=1S/C23H27NO6/c1-16-6-4-7-17(14-16)9-12-23(30-21(26)15-20(25)28-2)11-5-8-19-18(23)10-13-24(19)22(27)29-3/h4,6-7,14,18-19H,5,8,10-11,13,15H2,1-3H3/t18-,19-,23-/m1/s1. The van der Waals surface area contributed by atoms with E-state index < -0.39 is 24.0 Å². The van der Waals surface area contributed by atoms with Crippen molar-refractivity contribution in [1.82, 2.24) is 4.90 Å². The average molecular weight is 413 g/mol. The summed E-state index contributed by atoms with van der Waals surface area (Å²) in [7, 11) is 2.59. The molecule has 1 amide bonds. The molecule has 7 nitrogen and oxygen atoms in total. The van der Waals surface area contributed by atoms with Gasteiger partial charge in [0.05, 0.1) is 14.2 Å². The number of rotatable bonds is 3. The lowest BCUT2D eigenvalue weighted by molar-refractivity contribution is -0.167. The van der Waals surface area contributed by atoms with Crippen LogP contribution in [0, 0.1) is 24.7 Å². The smallest absolute Gasteiger partial charge is 0.409 e. The number of carbonyl (C=O) groups excluding carboxylic acids is 3. The van der Waals surface area contributed by atoms with Crippen molar-refractivity contribution in [1.29, 1.82) is 0 Å². The summed E-state index contributed by atoms with van der Waals surface area (Å²) in [6, 6.07) is 7.66. The highest BCUT2D eigenvalue weighted by Gasteiger charge is 2.53. The highest BCUT2D eigenvalue weighted by atomic mass is 16.6. The summed E-state index contributed by atoms with van der Waals surface area (Å²) in [6.45, 7) is 2.50. The van der Waals surface area contributed by atoms with Crippen molar-refractivity contribution in [3.05, 3.63) is 35.4 Å². The van der Waals surface area contributed by atoms with Gasteiger partial charge in [0.25, 0.3) is 0 Å². The fraction of sp³-hybridized carbons (Fsp3) is 0.522. The molecule has 1 saturated carbocycles. The van der Waals surface area contributed by atoms with E-state index in [9.17, 15) is 14.4 Å². The van der Waals surface area contributed by atoms with E-state index in [4.69, 9.17) is 9.47 Å². The van der Waals surface area contributed by atoms with E-state index in [0.717, 1.165) is 24.0 Å². The van der Waals surface area contributed by atoms with Gasteiger partial charge in [0, 0.05) is 24.1 Å². The van der Waals surface area contributed by atoms with Crippen LogP contribution < -0.4 is 0 Å². The minimum Gasteiger partial charge on any atom is -0.469 e. The summed E-state index contributed by atoms with van der Waals surface area (Å²) < 4.78 is 15.4. The van der Waals surface area contributed by atoms with Gasteiger partial charge >= 0.3 is 18.0 Å². The van der Waals surface area contributed by atoms with Gasteiger partial charge in [-0.1, -0.05) is 18.1 Å². The maximum absolute atomic E-state index is 12.5. The summed E-state index contributed by atoms with van der Waals surface area (Å²) >= 11 is 0. The third kappa shape index (κ3) is 4.59. The fourth-order valence-electron chi connectivity index (χ4n) is 4.50. The van der Waals surface area contributed by atoms with Gasteiger partial charge in [-0.15, -0.1) is 0 Å². The van der Waals surface area contributed by atoms with Crippen molar-refractivity contribution in [2.75, 3.05) is 20.8 Å². The average Bonchev–Trinajstić information content (AvgIpc) is 3.17. The zero-order valence-corrected chi connectivity index (χ0v) is 17.6. The van der Waals surface area contributed by atoms with Crippen molar-refractivity contribution >= 4 is 18.0 Å². The number of hydrogen-bond acceptors (Lipinski definition) is 6. The van der Waals surface area contributed by atoms with Crippen LogP contribution in [-0.2, 0) is 23.8 Å². The molecule has 1 aliphatic heterocycles. The highest BCUT2D eigenvalue weighted by Crippen LogP contribution is 2.45. The second-order valence-electron chi connectivity index (χ2n) is 7.75. The number of fused-ring (bicyclic) bond motifs is 1. The Morgan fingerprint density at radius 3 is 2.67 bits per heavy atom. The number of benzene rings is 1. The third-order valence-corrected chi connectivity index (χ3v) is 5.85. The van der Waals surface area contributed by atoms with Crippen molar-refractivity contribution in [2.24, 2.45) is 5.92 Å². The van der Waals surface area contributed by atoms with Crippen LogP contribution in [0.3, 0.4) is 0 Å². The summed E-state index contributed by atoms with van der Waals surface area (Å²) in [5.74, 6) is 4.91. The predicted molar refractivity (Wildman–Crippen MR) is 108 cm³/mol. The molecule has 0 spiro atoms. The van der Waals surface area contributed by atoms with Gasteiger partial charge in [0.2, 0.25) is 0 Å². The molecule has 0 bridgehead atoms. The first-order valence-corrected chi connectivity index (χ1v) is 10.1. The number of carbonyl (C=O) groups is 3. The molecule has 30 heavy (non-hydrogen) atoms. The molecule has 2 aliphatic rings. The Bertz CT molecular complexity index is 885. The minimum atomic E-state index is -1.07. The number of aryl methyl sites for hydroxylation is 1. The number of ether oxygens (including phenoxy) is 3. The molecular weight excluding hydrogens is 386 g/mol. The number of methoxy groups -OCH3 is 2. The second kappa shape index (κ2) is 9.21. The number of nitrogens with zero attached hydrogens (tertiary/aromatic N) is 1. The SMILES string of the molecule is COC(=O)CC(=O)O[C@@]1(C#Cc2cccc(C)c2)CCC[C@@H]2[C@H]1CCN2C(=O)OC. The van der Waals surface area contributed by atoms with E-state index in [1.807, 2.05) is 31.2 Å². The van der Waals surface area contributed by atoms with Crippen LogP contribution in [0.25, 0.3) is 0 Å². The molecular formula is C23H27NO6. The number of esters is 2. The summed E-state index contributed by atoms with van der Waals surface area (Å²) in [6.07, 6.45) is 1.88. The molecule has 2 fully saturated rings. The van der Waals surface area contributed by atoms with Gasteiger partial charge in [-0.3, -0.25) is 9.59 Å². The molecule has 1 heterocycles. The second-order valence-corrected chi connectivity index (χ2v) is 7.75. The highest BCUT2D eigenvalue weighted by molar-refractivity contribution is 5.91. The van der Waals surface area contributed by atoms with E-state index in [2.05, 4.69) is 16.6 Å². The lowest BCUT2D eigenvalue weighted by Gasteiger charge is -2.42. The minimum absolute atomic E-state index is 0.121. The first-order valence-electron chi connectivity index (χ1n) is 10.1. The largest absolute Gasteiger partial charge is 0.469 e. The van der Waals surface area contributed by atoms with Crippen molar-refractivity contribution < 1.29 is 28.6 Å². The van der Waals surface area contributed by atoms with Crippen LogP contribution >= 0.6 is 0 Å². The molecule has 1 aromatic carbocycles. The van der Waals surface area contributed by atoms with Gasteiger partial charge in [0.15, 0.2) is 5.60 Å². The van der Waals surface area contributed by atoms with Crippen LogP contribution in [0.5, 0.6) is 0 Å². The van der Waals surface area contributed by atoms with E-state index in [0.29, 0.717) is 19.4 Å². The van der Waals surface area contributed by atoms with E-state index >= 15 is 0 Å². The van der Waals surface area contributed by atoms with Gasteiger partial charge < -0.3 is 19.1 Å². The number of likely N-dealkylation sites (tertiary alicyclic amines) is 1. The van der Waals surface area contributed by atoms with Gasteiger partial charge in [-0.2, -0.15) is 0 Å². The van der Waals surface area contributed by atoms with Crippen LogP contribution in [0.1, 0.15) is 43.2 Å². The van der Waals surface area contributed by atoms with Gasteiger partial charge in [-0.05, 0) is 56.2 Å². The van der Waals surface area contributed by atoms with E-state index in [1.165, 1.54) is 14.2 Å². The Morgan fingerprint density at radius 2 is 1.97 bits per heavy atom. The maximum atomic E-state index is 12.5. The molecule has 0 N–H and O–H groups in total. The number of hydrogen-bond donors (Lipinski definition) is 0. The van der Waals surface area contributed by atoms with Crippen molar-refractivity contribution in [2.45, 2.75) is 50.7 Å². The Labute approximate surface area is 176 Å². The molecule has 3 rings (SSSR count). The lowest BCUT2D eigenvalue weighted by Crippen LogP contribution is -2.52. The molecule has 1 aromatic rings. The maximum Gasteiger partial charge on any atom is 0.409 e. The third-order valence-electron chi connectivity index (χ3n) is 5.85. The molecule has 0 aromatic heterocycles. The Balaban J connectivity index is 1.94. The zero-order valence-electron chi connectivity index (χ0n) is 17.6. The molecule has 7 heteroatoms. The lowest BCUT2D eigenvalue weighted by atomic mass is 9.72. The fourth-order valence-corrected chi connectivity index (χ4v) is 4.50. The quantitative estimate of drug-likeness (QED) is 0.328. The molecule has 0 radical (unpaired) electrons. The van der Waals surface area contributed by atoms with E-state index in [1.54, 1.807) is 4.90 Å². The first kappa shape index (κ1) is 21.7. The Kier molecular flexibility index (Phi) is 6.66. The monoisotopic (exact) mass is 413 g/mol. The van der Waals surface area contributed by atoms with Gasteiger partial charge in [0.1, 0.15) is 6.42 Å². The van der Waals surface area contributed by atoms with Crippen LogP contribution in [0.15, 0.2) is 24.3 Å². The molecule has 160 valence electrons. The number of amides is 1. The van der Waals surface area contributed by atoms with Crippen molar-refractivity contribution in [3.63, 3.8) is 0 Å². The molecule has 1 aliphatic carbocycles. The molecule has 3 atom stereocenters. The van der Waals surface area contributed by atoms with Crippen LogP contribution in [0.2, 0.25) is 0 Å². The normalized spacial score (nSPS) is 24.8. The van der Waals surface area contributed by atoms with Crippen molar-refractivity contribution in [3.8, 4) is 11.8 Å². The summed E-state index contributed by atoms with van der Waals surface area (Å²) in [5, 5.41) is 0. The first-order chi connectivity index (χ1) is 14.4. The Hall–Kier alpha value is -3.01. The molecule has 0 unspecified atom stereocenters. The topological polar surface area (TPSA) is 82.1 Å². The predicted octanol–water partition coefficient (Wildman–Crippen LogP) is 2.83. The Morgan fingerprint density at radius 1 is 1.17 bits per heavy atom. The summed E-state index contributed by atoms with van der Waals surface area (Å²) in [4.78, 5) is 38.0. The van der Waals surface area contributed by atoms with Crippen LogP contribution in [0.4, 0.5) is 4.79 Å². The summed E-state index contributed by atoms with van der Waals surface area (Å²) in [5.41, 5.74) is 0.835.